The number of aliphatic hydroxyl groups is 1. The maximum absolute atomic E-state index is 10.9. The number of hydrogen-bond acceptors (Lipinski definition) is 7. The topological polar surface area (TPSA) is 113 Å². The number of hydrogen-bond donors (Lipinski definition) is 4. The standard InChI is InChI=1S/C19H22N6OS/c20-18-25-24-17(27-18)13-8-22-16-12(1-2-21-16)15(13)23-14-10-3-9-4-11(14)7-19(26,5-9)6-10/h1-2,8-11,14,26H,3-7H2,(H2,20,25)(H2,21,22,23)/t9?,10-,11+,14-,19?. The van der Waals surface area contributed by atoms with Crippen LogP contribution in [-0.4, -0.2) is 36.9 Å². The summed E-state index contributed by atoms with van der Waals surface area (Å²) in [6.45, 7) is 0. The highest BCUT2D eigenvalue weighted by Gasteiger charge is 2.54. The van der Waals surface area contributed by atoms with Crippen molar-refractivity contribution in [3.05, 3.63) is 18.5 Å². The summed E-state index contributed by atoms with van der Waals surface area (Å²) in [5.41, 5.74) is 8.27. The van der Waals surface area contributed by atoms with E-state index in [-0.39, 0.29) is 0 Å². The summed E-state index contributed by atoms with van der Waals surface area (Å²) in [5, 5.41) is 25.3. The van der Waals surface area contributed by atoms with Crippen LogP contribution in [0.15, 0.2) is 18.5 Å². The summed E-state index contributed by atoms with van der Waals surface area (Å²) >= 11 is 1.38. The monoisotopic (exact) mass is 382 g/mol. The molecule has 0 spiro atoms. The second kappa shape index (κ2) is 5.42. The fourth-order valence-electron chi connectivity index (χ4n) is 6.05. The van der Waals surface area contributed by atoms with E-state index < -0.39 is 5.60 Å². The number of rotatable bonds is 3. The fourth-order valence-corrected chi connectivity index (χ4v) is 6.68. The molecule has 8 heteroatoms. The highest BCUT2D eigenvalue weighted by atomic mass is 32.1. The molecule has 3 aromatic rings. The Hall–Kier alpha value is -2.19. The molecule has 7 rings (SSSR count). The molecular weight excluding hydrogens is 360 g/mol. The van der Waals surface area contributed by atoms with Gasteiger partial charge in [-0.1, -0.05) is 11.3 Å². The lowest BCUT2D eigenvalue weighted by atomic mass is 9.52. The molecule has 140 valence electrons. The molecule has 4 aliphatic carbocycles. The summed E-state index contributed by atoms with van der Waals surface area (Å²) in [6.07, 6.45) is 9.04. The third kappa shape index (κ3) is 2.39. The van der Waals surface area contributed by atoms with Crippen LogP contribution in [0.1, 0.15) is 32.1 Å². The number of H-pyrrole nitrogens is 1. The van der Waals surface area contributed by atoms with Gasteiger partial charge < -0.3 is 21.1 Å². The van der Waals surface area contributed by atoms with Crippen molar-refractivity contribution in [1.82, 2.24) is 20.2 Å². The minimum absolute atomic E-state index is 0.381. The Bertz CT molecular complexity index is 1010. The molecule has 0 radical (unpaired) electrons. The minimum atomic E-state index is -0.424. The van der Waals surface area contributed by atoms with Crippen molar-refractivity contribution in [3.63, 3.8) is 0 Å². The lowest BCUT2D eigenvalue weighted by Gasteiger charge is -2.58. The number of pyridine rings is 1. The number of nitrogen functional groups attached to an aromatic ring is 1. The molecule has 27 heavy (non-hydrogen) atoms. The molecule has 5 atom stereocenters. The molecule has 5 N–H and O–H groups in total. The molecule has 4 saturated carbocycles. The van der Waals surface area contributed by atoms with E-state index in [1.807, 2.05) is 12.4 Å². The molecule has 3 aromatic heterocycles. The molecule has 3 heterocycles. The van der Waals surface area contributed by atoms with Crippen LogP contribution in [-0.2, 0) is 0 Å². The molecule has 4 fully saturated rings. The van der Waals surface area contributed by atoms with Gasteiger partial charge in [-0.2, -0.15) is 0 Å². The maximum atomic E-state index is 10.9. The lowest BCUT2D eigenvalue weighted by Crippen LogP contribution is -2.59. The first-order valence-electron chi connectivity index (χ1n) is 9.62. The first kappa shape index (κ1) is 15.8. The average molecular weight is 382 g/mol. The molecule has 0 aromatic carbocycles. The number of nitrogens with two attached hydrogens (primary N) is 1. The van der Waals surface area contributed by atoms with Gasteiger partial charge in [0, 0.05) is 23.8 Å². The van der Waals surface area contributed by atoms with Crippen LogP contribution in [0.4, 0.5) is 10.8 Å². The van der Waals surface area contributed by atoms with E-state index >= 15 is 0 Å². The predicted molar refractivity (Wildman–Crippen MR) is 105 cm³/mol. The minimum Gasteiger partial charge on any atom is -0.390 e. The first-order chi connectivity index (χ1) is 13.1. The van der Waals surface area contributed by atoms with Gasteiger partial charge in [-0.05, 0) is 55.9 Å². The van der Waals surface area contributed by atoms with Crippen LogP contribution in [0.2, 0.25) is 0 Å². The van der Waals surface area contributed by atoms with E-state index in [0.29, 0.717) is 28.9 Å². The van der Waals surface area contributed by atoms with Crippen LogP contribution in [0.25, 0.3) is 21.6 Å². The largest absolute Gasteiger partial charge is 0.390 e. The van der Waals surface area contributed by atoms with E-state index in [4.69, 9.17) is 5.73 Å². The Kier molecular flexibility index (Phi) is 3.18. The van der Waals surface area contributed by atoms with Gasteiger partial charge in [-0.15, -0.1) is 10.2 Å². The molecule has 4 bridgehead atoms. The van der Waals surface area contributed by atoms with Gasteiger partial charge in [0.1, 0.15) is 5.65 Å². The quantitative estimate of drug-likeness (QED) is 0.554. The zero-order valence-electron chi connectivity index (χ0n) is 14.9. The number of aromatic amines is 1. The Morgan fingerprint density at radius 3 is 2.74 bits per heavy atom. The summed E-state index contributed by atoms with van der Waals surface area (Å²) in [7, 11) is 0. The SMILES string of the molecule is Nc1nnc(-c2cnc3[nH]ccc3c2N[C@@H]2[C@@H]3CC4C[C@H]2CC(O)(C4)C3)s1. The van der Waals surface area contributed by atoms with E-state index in [1.165, 1.54) is 24.2 Å². The number of nitrogens with zero attached hydrogens (tertiary/aromatic N) is 3. The molecule has 4 aliphatic rings. The third-order valence-corrected chi connectivity index (χ3v) is 7.60. The highest BCUT2D eigenvalue weighted by Crippen LogP contribution is 2.56. The second-order valence-electron chi connectivity index (χ2n) is 8.60. The van der Waals surface area contributed by atoms with E-state index in [0.717, 1.165) is 46.6 Å². The van der Waals surface area contributed by atoms with Crippen LogP contribution in [0.5, 0.6) is 0 Å². The van der Waals surface area contributed by atoms with Crippen molar-refractivity contribution in [1.29, 1.82) is 0 Å². The normalized spacial score (nSPS) is 34.4. The molecule has 2 unspecified atom stereocenters. The zero-order valence-corrected chi connectivity index (χ0v) is 15.7. The van der Waals surface area contributed by atoms with Crippen LogP contribution in [0, 0.1) is 17.8 Å². The number of nitrogens with one attached hydrogen (secondary N) is 2. The number of aromatic nitrogens is 4. The van der Waals surface area contributed by atoms with E-state index in [2.05, 4.69) is 31.5 Å². The Labute approximate surface area is 160 Å². The van der Waals surface area contributed by atoms with Crippen molar-refractivity contribution in [2.45, 2.75) is 43.7 Å². The molecule has 0 saturated heterocycles. The Morgan fingerprint density at radius 1 is 1.22 bits per heavy atom. The van der Waals surface area contributed by atoms with Gasteiger partial charge in [-0.25, -0.2) is 4.98 Å². The molecule has 0 amide bonds. The summed E-state index contributed by atoms with van der Waals surface area (Å²) in [6, 6.07) is 2.44. The van der Waals surface area contributed by atoms with Gasteiger partial charge in [0.2, 0.25) is 5.13 Å². The molecular formula is C19H22N6OS. The molecule has 0 aliphatic heterocycles. The Morgan fingerprint density at radius 2 is 2.04 bits per heavy atom. The second-order valence-corrected chi connectivity index (χ2v) is 9.61. The zero-order chi connectivity index (χ0) is 18.2. The summed E-state index contributed by atoms with van der Waals surface area (Å²) in [4.78, 5) is 7.75. The fraction of sp³-hybridized carbons (Fsp3) is 0.526. The Balaban J connectivity index is 1.43. The number of fused-ring (bicyclic) bond motifs is 1. The average Bonchev–Trinajstić information content (AvgIpc) is 3.25. The maximum Gasteiger partial charge on any atom is 0.203 e. The van der Waals surface area contributed by atoms with Crippen molar-refractivity contribution in [2.24, 2.45) is 17.8 Å². The summed E-state index contributed by atoms with van der Waals surface area (Å²) < 4.78 is 0. The van der Waals surface area contributed by atoms with Gasteiger partial charge in [0.05, 0.1) is 16.9 Å². The summed E-state index contributed by atoms with van der Waals surface area (Å²) in [5.74, 6) is 1.74. The van der Waals surface area contributed by atoms with E-state index in [9.17, 15) is 5.11 Å². The van der Waals surface area contributed by atoms with Crippen LogP contribution in [0.3, 0.4) is 0 Å². The van der Waals surface area contributed by atoms with Gasteiger partial charge in [-0.3, -0.25) is 0 Å². The third-order valence-electron chi connectivity index (χ3n) is 6.81. The van der Waals surface area contributed by atoms with Gasteiger partial charge in [0.15, 0.2) is 5.01 Å². The lowest BCUT2D eigenvalue weighted by molar-refractivity contribution is -0.129. The van der Waals surface area contributed by atoms with Crippen molar-refractivity contribution in [3.8, 4) is 10.6 Å². The van der Waals surface area contributed by atoms with Crippen molar-refractivity contribution < 1.29 is 5.11 Å². The van der Waals surface area contributed by atoms with Gasteiger partial charge in [0.25, 0.3) is 0 Å². The highest BCUT2D eigenvalue weighted by molar-refractivity contribution is 7.18. The van der Waals surface area contributed by atoms with Gasteiger partial charge >= 0.3 is 0 Å². The first-order valence-corrected chi connectivity index (χ1v) is 10.4. The van der Waals surface area contributed by atoms with E-state index in [1.54, 1.807) is 0 Å². The number of anilines is 2. The predicted octanol–water partition coefficient (Wildman–Crippen LogP) is 3.02. The smallest absolute Gasteiger partial charge is 0.203 e. The van der Waals surface area contributed by atoms with Crippen LogP contribution < -0.4 is 11.1 Å². The molecule has 7 nitrogen and oxygen atoms in total. The van der Waals surface area contributed by atoms with Crippen LogP contribution >= 0.6 is 11.3 Å². The van der Waals surface area contributed by atoms with Crippen molar-refractivity contribution >= 4 is 33.2 Å². The van der Waals surface area contributed by atoms with Crippen molar-refractivity contribution in [2.75, 3.05) is 11.1 Å².